The van der Waals surface area contributed by atoms with E-state index in [9.17, 15) is 4.79 Å². The minimum Gasteiger partial charge on any atom is -0.367 e. The maximum absolute atomic E-state index is 12.7. The van der Waals surface area contributed by atoms with Crippen LogP contribution in [0.15, 0.2) is 67.0 Å². The molecule has 0 atom stereocenters. The lowest BCUT2D eigenvalue weighted by Crippen LogP contribution is -2.38. The van der Waals surface area contributed by atoms with E-state index in [0.717, 1.165) is 67.5 Å². The van der Waals surface area contributed by atoms with Gasteiger partial charge in [0.05, 0.1) is 10.5 Å². The minimum atomic E-state index is -0.0961. The molecular weight excluding hydrogens is 470 g/mol. The zero-order chi connectivity index (χ0) is 24.5. The number of nitrogens with one attached hydrogen (secondary N) is 1. The molecule has 2 aromatic carbocycles. The van der Waals surface area contributed by atoms with Gasteiger partial charge in [-0.2, -0.15) is 0 Å². The van der Waals surface area contributed by atoms with Crippen LogP contribution in [0.5, 0.6) is 0 Å². The topological polar surface area (TPSA) is 61.4 Å². The Morgan fingerprint density at radius 3 is 2.75 bits per heavy atom. The maximum atomic E-state index is 12.7. The van der Waals surface area contributed by atoms with Crippen LogP contribution in [0, 0.1) is 0 Å². The summed E-state index contributed by atoms with van der Waals surface area (Å²) in [5.41, 5.74) is 6.73. The Labute approximate surface area is 215 Å². The highest BCUT2D eigenvalue weighted by molar-refractivity contribution is 6.33. The largest absolute Gasteiger partial charge is 0.367 e. The number of amides is 2. The van der Waals surface area contributed by atoms with Crippen molar-refractivity contribution in [3.8, 4) is 11.1 Å². The van der Waals surface area contributed by atoms with Crippen molar-refractivity contribution >= 4 is 40.0 Å². The highest BCUT2D eigenvalue weighted by Gasteiger charge is 2.21. The van der Waals surface area contributed by atoms with Gasteiger partial charge in [-0.1, -0.05) is 35.9 Å². The highest BCUT2D eigenvalue weighted by atomic mass is 35.5. The quantitative estimate of drug-likeness (QED) is 0.348. The molecule has 182 valence electrons. The number of likely N-dealkylation sites (tertiary alicyclic amines) is 1. The van der Waals surface area contributed by atoms with Crippen LogP contribution in [0.2, 0.25) is 5.02 Å². The van der Waals surface area contributed by atoms with Gasteiger partial charge in [0.2, 0.25) is 0 Å². The van der Waals surface area contributed by atoms with Crippen LogP contribution in [0.3, 0.4) is 0 Å². The van der Waals surface area contributed by atoms with E-state index < -0.39 is 0 Å². The van der Waals surface area contributed by atoms with Crippen LogP contribution in [-0.4, -0.2) is 40.5 Å². The molecule has 6 rings (SSSR count). The molecule has 0 spiro atoms. The van der Waals surface area contributed by atoms with Crippen LogP contribution >= 0.6 is 11.6 Å². The lowest BCUT2D eigenvalue weighted by Gasteiger charge is -2.26. The van der Waals surface area contributed by atoms with Gasteiger partial charge in [-0.15, -0.1) is 0 Å². The van der Waals surface area contributed by atoms with E-state index in [4.69, 9.17) is 11.6 Å². The summed E-state index contributed by atoms with van der Waals surface area (Å²) in [5.74, 6) is 0.520. The van der Waals surface area contributed by atoms with E-state index in [1.807, 2.05) is 23.2 Å². The minimum absolute atomic E-state index is 0.0961. The van der Waals surface area contributed by atoms with E-state index >= 15 is 0 Å². The first-order valence-corrected chi connectivity index (χ1v) is 13.0. The molecule has 1 fully saturated rings. The van der Waals surface area contributed by atoms with Crippen molar-refractivity contribution in [2.45, 2.75) is 32.2 Å². The summed E-state index contributed by atoms with van der Waals surface area (Å²) in [6.45, 7) is 3.40. The number of fused-ring (bicyclic) bond motifs is 2. The van der Waals surface area contributed by atoms with Gasteiger partial charge in [-0.3, -0.25) is 10.3 Å². The van der Waals surface area contributed by atoms with Gasteiger partial charge in [-0.05, 0) is 72.7 Å². The van der Waals surface area contributed by atoms with Gasteiger partial charge in [0.25, 0.3) is 0 Å². The van der Waals surface area contributed by atoms with Gasteiger partial charge >= 0.3 is 6.03 Å². The molecule has 7 heteroatoms. The fourth-order valence-corrected chi connectivity index (χ4v) is 5.45. The monoisotopic (exact) mass is 497 g/mol. The second-order valence-electron chi connectivity index (χ2n) is 9.57. The van der Waals surface area contributed by atoms with E-state index in [1.54, 1.807) is 6.20 Å². The molecule has 2 aliphatic heterocycles. The van der Waals surface area contributed by atoms with Gasteiger partial charge in [-0.25, -0.2) is 9.78 Å². The second-order valence-corrected chi connectivity index (χ2v) is 9.98. The number of piperidine rings is 1. The molecule has 2 aromatic heterocycles. The number of pyridine rings is 2. The Balaban J connectivity index is 1.24. The number of benzene rings is 2. The number of nitrogens with zero attached hydrogens (tertiary/aromatic N) is 4. The first-order chi connectivity index (χ1) is 17.6. The molecule has 36 heavy (non-hydrogen) atoms. The van der Waals surface area contributed by atoms with E-state index in [-0.39, 0.29) is 6.03 Å². The number of carbonyl (C=O) groups is 1. The number of urea groups is 1. The maximum Gasteiger partial charge on any atom is 0.323 e. The molecule has 2 aliphatic rings. The summed E-state index contributed by atoms with van der Waals surface area (Å²) in [6.07, 6.45) is 7.75. The molecule has 0 aliphatic carbocycles. The van der Waals surface area contributed by atoms with Crippen LogP contribution in [0.1, 0.15) is 30.4 Å². The summed E-state index contributed by atoms with van der Waals surface area (Å²) < 4.78 is 0. The summed E-state index contributed by atoms with van der Waals surface area (Å²) in [6, 6.07) is 18.9. The Hall–Kier alpha value is -3.64. The number of hydrogen-bond acceptors (Lipinski definition) is 4. The van der Waals surface area contributed by atoms with Crippen molar-refractivity contribution in [2.75, 3.05) is 29.9 Å². The fourth-order valence-electron chi connectivity index (χ4n) is 5.23. The summed E-state index contributed by atoms with van der Waals surface area (Å²) in [5, 5.41) is 4.68. The van der Waals surface area contributed by atoms with E-state index in [2.05, 4.69) is 62.6 Å². The number of hydrogen-bond donors (Lipinski definition) is 1. The van der Waals surface area contributed by atoms with E-state index in [1.165, 1.54) is 23.2 Å². The normalized spacial score (nSPS) is 15.2. The summed E-state index contributed by atoms with van der Waals surface area (Å²) in [7, 11) is 0. The van der Waals surface area contributed by atoms with Crippen molar-refractivity contribution < 1.29 is 4.79 Å². The van der Waals surface area contributed by atoms with Crippen LogP contribution in [0.4, 0.5) is 16.3 Å². The average molecular weight is 498 g/mol. The number of rotatable bonds is 4. The molecule has 1 saturated heterocycles. The highest BCUT2D eigenvalue weighted by Crippen LogP contribution is 2.37. The van der Waals surface area contributed by atoms with Gasteiger partial charge < -0.3 is 9.80 Å². The molecule has 0 saturated carbocycles. The summed E-state index contributed by atoms with van der Waals surface area (Å²) in [4.78, 5) is 25.8. The van der Waals surface area contributed by atoms with Crippen LogP contribution in [0.25, 0.3) is 22.0 Å². The third-order valence-electron chi connectivity index (χ3n) is 7.16. The summed E-state index contributed by atoms with van der Waals surface area (Å²) >= 11 is 6.58. The average Bonchev–Trinajstić information content (AvgIpc) is 3.32. The van der Waals surface area contributed by atoms with E-state index in [0.29, 0.717) is 10.8 Å². The number of carbonyl (C=O) groups excluding carboxylic acids is 1. The predicted octanol–water partition coefficient (Wildman–Crippen LogP) is 6.53. The van der Waals surface area contributed by atoms with Gasteiger partial charge in [0.15, 0.2) is 0 Å². The molecular formula is C29H28ClN5O. The SMILES string of the molecule is O=C(Nc1cc(-c2ccc3c(c2)N(Cc2ccc4ncccc4c2)CC3)c(Cl)cn1)N1CCCCC1. The van der Waals surface area contributed by atoms with Crippen molar-refractivity contribution in [3.05, 3.63) is 83.1 Å². The van der Waals surface area contributed by atoms with Crippen molar-refractivity contribution in [3.63, 3.8) is 0 Å². The Bertz CT molecular complexity index is 1430. The third-order valence-corrected chi connectivity index (χ3v) is 7.46. The van der Waals surface area contributed by atoms with Crippen molar-refractivity contribution in [2.24, 2.45) is 0 Å². The zero-order valence-electron chi connectivity index (χ0n) is 20.1. The van der Waals surface area contributed by atoms with Gasteiger partial charge in [0, 0.05) is 55.2 Å². The molecule has 2 amide bonds. The third kappa shape index (κ3) is 4.61. The standard InChI is InChI=1S/C29H28ClN5O/c30-25-18-32-28(33-29(36)34-12-2-1-3-13-34)17-24(25)22-8-7-21-10-14-35(27(21)16-22)19-20-6-9-26-23(15-20)5-4-11-31-26/h4-9,11,15-18H,1-3,10,12-14,19H2,(H,32,33,36). The van der Waals surface area contributed by atoms with Crippen LogP contribution in [-0.2, 0) is 13.0 Å². The van der Waals surface area contributed by atoms with Crippen molar-refractivity contribution in [1.29, 1.82) is 0 Å². The second kappa shape index (κ2) is 9.78. The number of aromatic nitrogens is 2. The molecule has 4 heterocycles. The zero-order valence-corrected chi connectivity index (χ0v) is 20.8. The fraction of sp³-hybridized carbons (Fsp3) is 0.276. The van der Waals surface area contributed by atoms with Crippen LogP contribution < -0.4 is 10.2 Å². The molecule has 0 unspecified atom stereocenters. The smallest absolute Gasteiger partial charge is 0.323 e. The molecule has 0 radical (unpaired) electrons. The molecule has 1 N–H and O–H groups in total. The molecule has 4 aromatic rings. The van der Waals surface area contributed by atoms with Gasteiger partial charge in [0.1, 0.15) is 5.82 Å². The van der Waals surface area contributed by atoms with Crippen molar-refractivity contribution in [1.82, 2.24) is 14.9 Å². The lowest BCUT2D eigenvalue weighted by atomic mass is 10.0. The first kappa shape index (κ1) is 22.8. The Kier molecular flexibility index (Phi) is 6.20. The Morgan fingerprint density at radius 1 is 0.972 bits per heavy atom. The molecule has 0 bridgehead atoms. The Morgan fingerprint density at radius 2 is 1.86 bits per heavy atom. The molecule has 6 nitrogen and oxygen atoms in total. The number of anilines is 2. The lowest BCUT2D eigenvalue weighted by molar-refractivity contribution is 0.200. The first-order valence-electron chi connectivity index (χ1n) is 12.6. The number of halogens is 1. The predicted molar refractivity (Wildman–Crippen MR) is 146 cm³/mol.